The average Bonchev–Trinajstić information content (AvgIpc) is 2.72. The topological polar surface area (TPSA) is 72.5 Å². The predicted molar refractivity (Wildman–Crippen MR) is 118 cm³/mol. The van der Waals surface area contributed by atoms with Crippen LogP contribution in [-0.2, 0) is 11.3 Å². The highest BCUT2D eigenvalue weighted by Crippen LogP contribution is 2.27. The van der Waals surface area contributed by atoms with Gasteiger partial charge in [-0.05, 0) is 81.8 Å². The van der Waals surface area contributed by atoms with Crippen molar-refractivity contribution in [1.29, 1.82) is 0 Å². The summed E-state index contributed by atoms with van der Waals surface area (Å²) in [5, 5.41) is 6.67. The highest BCUT2D eigenvalue weighted by molar-refractivity contribution is 5.68. The maximum Gasteiger partial charge on any atom is 0.407 e. The molecule has 1 aliphatic rings. The molecule has 1 aromatic carbocycles. The number of hydrogen-bond donors (Lipinski definition) is 2. The SMILES string of the molecule is COc1ccc(-c2ccncc2)cc1CNC1CCC(NC(=O)OC(C)(C)C)CC1. The lowest BCUT2D eigenvalue weighted by Crippen LogP contribution is -2.43. The molecule has 1 heterocycles. The Bertz CT molecular complexity index is 825. The van der Waals surface area contributed by atoms with E-state index in [-0.39, 0.29) is 12.1 Å². The minimum absolute atomic E-state index is 0.183. The molecule has 0 saturated heterocycles. The lowest BCUT2D eigenvalue weighted by molar-refractivity contribution is 0.0489. The van der Waals surface area contributed by atoms with E-state index in [0.717, 1.165) is 54.7 Å². The minimum Gasteiger partial charge on any atom is -0.496 e. The van der Waals surface area contributed by atoms with Gasteiger partial charge in [0.05, 0.1) is 7.11 Å². The van der Waals surface area contributed by atoms with Gasteiger partial charge in [-0.2, -0.15) is 0 Å². The number of aromatic nitrogens is 1. The van der Waals surface area contributed by atoms with Crippen LogP contribution in [0.15, 0.2) is 42.7 Å². The highest BCUT2D eigenvalue weighted by atomic mass is 16.6. The molecule has 0 spiro atoms. The lowest BCUT2D eigenvalue weighted by Gasteiger charge is -2.30. The Kier molecular flexibility index (Phi) is 7.32. The van der Waals surface area contributed by atoms with Crippen LogP contribution in [-0.4, -0.2) is 35.9 Å². The molecule has 1 saturated carbocycles. The Morgan fingerprint density at radius 1 is 1.03 bits per heavy atom. The Labute approximate surface area is 179 Å². The third-order valence-electron chi connectivity index (χ3n) is 5.32. The van der Waals surface area contributed by atoms with Gasteiger partial charge in [0.2, 0.25) is 0 Å². The van der Waals surface area contributed by atoms with E-state index < -0.39 is 5.60 Å². The first-order valence-electron chi connectivity index (χ1n) is 10.6. The molecule has 30 heavy (non-hydrogen) atoms. The van der Waals surface area contributed by atoms with Crippen LogP contribution < -0.4 is 15.4 Å². The summed E-state index contributed by atoms with van der Waals surface area (Å²) < 4.78 is 10.9. The van der Waals surface area contributed by atoms with Gasteiger partial charge in [0, 0.05) is 36.6 Å². The Balaban J connectivity index is 1.52. The fraction of sp³-hybridized carbons (Fsp3) is 0.500. The molecular weight excluding hydrogens is 378 g/mol. The van der Waals surface area contributed by atoms with Crippen LogP contribution in [0.2, 0.25) is 0 Å². The maximum atomic E-state index is 12.0. The third-order valence-corrected chi connectivity index (χ3v) is 5.32. The van der Waals surface area contributed by atoms with Crippen molar-refractivity contribution >= 4 is 6.09 Å². The number of rotatable bonds is 6. The van der Waals surface area contributed by atoms with E-state index in [9.17, 15) is 4.79 Å². The number of pyridine rings is 1. The number of benzene rings is 1. The zero-order chi connectivity index (χ0) is 21.6. The fourth-order valence-corrected chi connectivity index (χ4v) is 3.81. The van der Waals surface area contributed by atoms with E-state index in [0.29, 0.717) is 6.04 Å². The molecule has 1 aromatic heterocycles. The van der Waals surface area contributed by atoms with Crippen LogP contribution in [0.5, 0.6) is 5.75 Å². The number of carbonyl (C=O) groups excluding carboxylic acids is 1. The first kappa shape index (κ1) is 22.1. The first-order chi connectivity index (χ1) is 14.3. The zero-order valence-electron chi connectivity index (χ0n) is 18.4. The number of alkyl carbamates (subject to hydrolysis) is 1. The number of nitrogens with zero attached hydrogens (tertiary/aromatic N) is 1. The van der Waals surface area contributed by atoms with Crippen molar-refractivity contribution in [2.75, 3.05) is 7.11 Å². The Hall–Kier alpha value is -2.60. The van der Waals surface area contributed by atoms with Gasteiger partial charge in [-0.15, -0.1) is 0 Å². The van der Waals surface area contributed by atoms with Crippen molar-refractivity contribution < 1.29 is 14.3 Å². The largest absolute Gasteiger partial charge is 0.496 e. The van der Waals surface area contributed by atoms with E-state index in [1.165, 1.54) is 0 Å². The molecule has 0 bridgehead atoms. The lowest BCUT2D eigenvalue weighted by atomic mass is 9.91. The third kappa shape index (κ3) is 6.46. The number of hydrogen-bond acceptors (Lipinski definition) is 5. The van der Waals surface area contributed by atoms with Crippen molar-refractivity contribution in [3.8, 4) is 16.9 Å². The standard InChI is InChI=1S/C24H33N3O3/c1-24(2,3)30-23(28)27-21-8-6-20(7-9-21)26-16-19-15-18(5-10-22(19)29-4)17-11-13-25-14-12-17/h5,10-15,20-21,26H,6-9,16H2,1-4H3,(H,27,28). The van der Waals surface area contributed by atoms with Crippen LogP contribution in [0.4, 0.5) is 4.79 Å². The monoisotopic (exact) mass is 411 g/mol. The van der Waals surface area contributed by atoms with E-state index in [4.69, 9.17) is 9.47 Å². The average molecular weight is 412 g/mol. The van der Waals surface area contributed by atoms with Gasteiger partial charge in [0.1, 0.15) is 11.4 Å². The van der Waals surface area contributed by atoms with Gasteiger partial charge in [-0.25, -0.2) is 4.79 Å². The van der Waals surface area contributed by atoms with Crippen LogP contribution in [0.3, 0.4) is 0 Å². The molecule has 2 aromatic rings. The summed E-state index contributed by atoms with van der Waals surface area (Å²) in [6.07, 6.45) is 7.23. The summed E-state index contributed by atoms with van der Waals surface area (Å²) in [5.41, 5.74) is 2.97. The number of carbonyl (C=O) groups is 1. The Morgan fingerprint density at radius 2 is 1.70 bits per heavy atom. The Morgan fingerprint density at radius 3 is 2.33 bits per heavy atom. The number of methoxy groups -OCH3 is 1. The summed E-state index contributed by atoms with van der Waals surface area (Å²) >= 11 is 0. The maximum absolute atomic E-state index is 12.0. The van der Waals surface area contributed by atoms with Gasteiger partial charge >= 0.3 is 6.09 Å². The van der Waals surface area contributed by atoms with E-state index in [2.05, 4.69) is 27.8 Å². The normalized spacial score (nSPS) is 19.2. The molecule has 0 aliphatic heterocycles. The van der Waals surface area contributed by atoms with Crippen LogP contribution >= 0.6 is 0 Å². The molecule has 6 nitrogen and oxygen atoms in total. The summed E-state index contributed by atoms with van der Waals surface area (Å²) in [6, 6.07) is 10.9. The van der Waals surface area contributed by atoms with Crippen LogP contribution in [0.1, 0.15) is 52.0 Å². The van der Waals surface area contributed by atoms with E-state index in [1.54, 1.807) is 19.5 Å². The number of ether oxygens (including phenoxy) is 2. The quantitative estimate of drug-likeness (QED) is 0.722. The second-order valence-electron chi connectivity index (χ2n) is 8.84. The predicted octanol–water partition coefficient (Wildman–Crippen LogP) is 4.68. The van der Waals surface area contributed by atoms with Crippen LogP contribution in [0, 0.1) is 0 Å². The molecule has 0 atom stereocenters. The molecular formula is C24H33N3O3. The smallest absolute Gasteiger partial charge is 0.407 e. The van der Waals surface area contributed by atoms with Gasteiger partial charge in [0.15, 0.2) is 0 Å². The van der Waals surface area contributed by atoms with Crippen LogP contribution in [0.25, 0.3) is 11.1 Å². The summed E-state index contributed by atoms with van der Waals surface area (Å²) in [4.78, 5) is 16.1. The molecule has 162 valence electrons. The molecule has 1 amide bonds. The molecule has 2 N–H and O–H groups in total. The highest BCUT2D eigenvalue weighted by Gasteiger charge is 2.24. The van der Waals surface area contributed by atoms with Gasteiger partial charge in [-0.3, -0.25) is 4.98 Å². The molecule has 0 radical (unpaired) electrons. The molecule has 6 heteroatoms. The molecule has 1 aliphatic carbocycles. The van der Waals surface area contributed by atoms with Crippen molar-refractivity contribution in [2.45, 2.75) is 70.7 Å². The summed E-state index contributed by atoms with van der Waals surface area (Å²) in [5.74, 6) is 0.889. The number of nitrogens with one attached hydrogen (secondary N) is 2. The minimum atomic E-state index is -0.466. The first-order valence-corrected chi connectivity index (χ1v) is 10.6. The molecule has 1 fully saturated rings. The van der Waals surface area contributed by atoms with E-state index >= 15 is 0 Å². The summed E-state index contributed by atoms with van der Waals surface area (Å²) in [7, 11) is 1.71. The van der Waals surface area contributed by atoms with Gasteiger partial charge in [0.25, 0.3) is 0 Å². The van der Waals surface area contributed by atoms with Gasteiger partial charge < -0.3 is 20.1 Å². The van der Waals surface area contributed by atoms with Gasteiger partial charge in [-0.1, -0.05) is 6.07 Å². The fourth-order valence-electron chi connectivity index (χ4n) is 3.81. The van der Waals surface area contributed by atoms with E-state index in [1.807, 2.05) is 39.0 Å². The molecule has 0 unspecified atom stereocenters. The summed E-state index contributed by atoms with van der Waals surface area (Å²) in [6.45, 7) is 6.39. The zero-order valence-corrected chi connectivity index (χ0v) is 18.4. The number of amides is 1. The van der Waals surface area contributed by atoms with Crippen molar-refractivity contribution in [2.24, 2.45) is 0 Å². The second kappa shape index (κ2) is 9.94. The van der Waals surface area contributed by atoms with Crippen molar-refractivity contribution in [3.63, 3.8) is 0 Å². The second-order valence-corrected chi connectivity index (χ2v) is 8.84. The van der Waals surface area contributed by atoms with Crippen molar-refractivity contribution in [3.05, 3.63) is 48.3 Å². The molecule has 3 rings (SSSR count). The van der Waals surface area contributed by atoms with Crippen molar-refractivity contribution in [1.82, 2.24) is 15.6 Å².